The molecule has 0 bridgehead atoms. The Kier molecular flexibility index (Phi) is 6.61. The van der Waals surface area contributed by atoms with E-state index in [4.69, 9.17) is 8.92 Å². The van der Waals surface area contributed by atoms with Crippen molar-refractivity contribution in [1.82, 2.24) is 0 Å². The van der Waals surface area contributed by atoms with Crippen molar-refractivity contribution < 1.29 is 18.4 Å². The fraction of sp³-hybridized carbons (Fsp3) is 0.500. The third-order valence-electron chi connectivity index (χ3n) is 5.74. The normalized spacial score (nSPS) is 17.3. The van der Waals surface area contributed by atoms with Gasteiger partial charge in [0, 0.05) is 5.56 Å². The van der Waals surface area contributed by atoms with Crippen molar-refractivity contribution in [3.63, 3.8) is 0 Å². The first-order valence-electron chi connectivity index (χ1n) is 10.1. The Bertz CT molecular complexity index is 854. The van der Waals surface area contributed by atoms with Crippen LogP contribution in [0.5, 0.6) is 5.75 Å². The Morgan fingerprint density at radius 2 is 1.76 bits per heavy atom. The SMILES string of the molecule is COc1ccc(F)c(-c2ccc(CO[S+](C)C(C)(C)C)cc2C2(O)CCCC2)c1. The van der Waals surface area contributed by atoms with E-state index in [-0.39, 0.29) is 21.7 Å². The van der Waals surface area contributed by atoms with Crippen molar-refractivity contribution >= 4 is 11.2 Å². The summed E-state index contributed by atoms with van der Waals surface area (Å²) >= 11 is -0.195. The van der Waals surface area contributed by atoms with Gasteiger partial charge in [0.1, 0.15) is 35.6 Å². The van der Waals surface area contributed by atoms with Crippen LogP contribution in [0.4, 0.5) is 4.39 Å². The maximum absolute atomic E-state index is 14.7. The average Bonchev–Trinajstić information content (AvgIpc) is 3.13. The molecule has 0 radical (unpaired) electrons. The molecule has 0 aromatic heterocycles. The molecule has 1 unspecified atom stereocenters. The smallest absolute Gasteiger partial charge is 0.152 e. The van der Waals surface area contributed by atoms with Crippen molar-refractivity contribution in [3.8, 4) is 16.9 Å². The van der Waals surface area contributed by atoms with Gasteiger partial charge in [0.2, 0.25) is 0 Å². The molecule has 2 aromatic carbocycles. The number of aliphatic hydroxyl groups is 1. The first kappa shape index (κ1) is 22.1. The van der Waals surface area contributed by atoms with Gasteiger partial charge in [-0.3, -0.25) is 0 Å². The highest BCUT2D eigenvalue weighted by Gasteiger charge is 2.36. The molecule has 0 amide bonds. The van der Waals surface area contributed by atoms with Gasteiger partial charge in [-0.2, -0.15) is 4.18 Å². The molecule has 1 fully saturated rings. The fourth-order valence-corrected chi connectivity index (χ4v) is 4.37. The molecular formula is C24H32FO3S+. The van der Waals surface area contributed by atoms with Crippen molar-refractivity contribution in [2.45, 2.75) is 63.4 Å². The van der Waals surface area contributed by atoms with Gasteiger partial charge in [-0.25, -0.2) is 4.39 Å². The topological polar surface area (TPSA) is 38.7 Å². The summed E-state index contributed by atoms with van der Waals surface area (Å²) in [5.41, 5.74) is 2.03. The van der Waals surface area contributed by atoms with Crippen molar-refractivity contribution in [3.05, 3.63) is 53.3 Å². The maximum Gasteiger partial charge on any atom is 0.152 e. The van der Waals surface area contributed by atoms with E-state index < -0.39 is 5.60 Å². The van der Waals surface area contributed by atoms with Crippen LogP contribution in [0.15, 0.2) is 36.4 Å². The van der Waals surface area contributed by atoms with E-state index in [2.05, 4.69) is 27.0 Å². The van der Waals surface area contributed by atoms with Crippen LogP contribution in [0.25, 0.3) is 11.1 Å². The molecule has 1 aliphatic rings. The number of benzene rings is 2. The maximum atomic E-state index is 14.7. The fourth-order valence-electron chi connectivity index (χ4n) is 3.70. The van der Waals surface area contributed by atoms with Crippen LogP contribution in [-0.4, -0.2) is 23.2 Å². The first-order valence-corrected chi connectivity index (χ1v) is 11.7. The predicted molar refractivity (Wildman–Crippen MR) is 119 cm³/mol. The zero-order valence-corrected chi connectivity index (χ0v) is 18.9. The summed E-state index contributed by atoms with van der Waals surface area (Å²) in [4.78, 5) is 0. The lowest BCUT2D eigenvalue weighted by atomic mass is 9.84. The number of hydrogen-bond donors (Lipinski definition) is 1. The molecule has 0 spiro atoms. The Labute approximate surface area is 176 Å². The Morgan fingerprint density at radius 1 is 1.07 bits per heavy atom. The zero-order chi connectivity index (χ0) is 21.2. The van der Waals surface area contributed by atoms with E-state index >= 15 is 0 Å². The van der Waals surface area contributed by atoms with E-state index in [9.17, 15) is 9.50 Å². The monoisotopic (exact) mass is 419 g/mol. The van der Waals surface area contributed by atoms with Gasteiger partial charge in [0.05, 0.1) is 12.7 Å². The summed E-state index contributed by atoms with van der Waals surface area (Å²) in [6.45, 7) is 6.97. The molecular weight excluding hydrogens is 387 g/mol. The molecule has 0 aliphatic heterocycles. The van der Waals surface area contributed by atoms with Gasteiger partial charge in [0.25, 0.3) is 0 Å². The van der Waals surface area contributed by atoms with Crippen LogP contribution in [0.2, 0.25) is 0 Å². The van der Waals surface area contributed by atoms with Gasteiger partial charge < -0.3 is 9.84 Å². The van der Waals surface area contributed by atoms with Crippen LogP contribution in [0, 0.1) is 5.82 Å². The molecule has 1 atom stereocenters. The molecule has 1 N–H and O–H groups in total. The van der Waals surface area contributed by atoms with Gasteiger partial charge in [-0.1, -0.05) is 25.0 Å². The van der Waals surface area contributed by atoms with E-state index in [1.165, 1.54) is 6.07 Å². The van der Waals surface area contributed by atoms with Crippen LogP contribution >= 0.6 is 0 Å². The summed E-state index contributed by atoms with van der Waals surface area (Å²) in [5.74, 6) is 0.277. The van der Waals surface area contributed by atoms with Crippen molar-refractivity contribution in [1.29, 1.82) is 0 Å². The van der Waals surface area contributed by atoms with Crippen LogP contribution in [0.1, 0.15) is 57.6 Å². The lowest BCUT2D eigenvalue weighted by Gasteiger charge is -2.27. The highest BCUT2D eigenvalue weighted by Crippen LogP contribution is 2.44. The minimum Gasteiger partial charge on any atom is -0.497 e. The van der Waals surface area contributed by atoms with Gasteiger partial charge in [-0.15, -0.1) is 0 Å². The van der Waals surface area contributed by atoms with Gasteiger partial charge in [-0.05, 0) is 74.6 Å². The van der Waals surface area contributed by atoms with Gasteiger partial charge >= 0.3 is 0 Å². The van der Waals surface area contributed by atoms with Crippen molar-refractivity contribution in [2.75, 3.05) is 13.4 Å². The van der Waals surface area contributed by atoms with E-state index in [0.29, 0.717) is 30.8 Å². The van der Waals surface area contributed by atoms with Crippen molar-refractivity contribution in [2.24, 2.45) is 0 Å². The minimum atomic E-state index is -0.932. The summed E-state index contributed by atoms with van der Waals surface area (Å²) in [6.07, 6.45) is 5.43. The molecule has 3 nitrogen and oxygen atoms in total. The molecule has 3 rings (SSSR count). The molecule has 1 aliphatic carbocycles. The second-order valence-electron chi connectivity index (χ2n) is 8.79. The summed E-state index contributed by atoms with van der Waals surface area (Å²) < 4.78 is 26.2. The first-order chi connectivity index (χ1) is 13.6. The van der Waals surface area contributed by atoms with Crippen LogP contribution < -0.4 is 4.74 Å². The summed E-state index contributed by atoms with van der Waals surface area (Å²) in [7, 11) is 1.57. The minimum absolute atomic E-state index is 0.0795. The van der Waals surface area contributed by atoms with Crippen LogP contribution in [-0.2, 0) is 27.6 Å². The predicted octanol–water partition coefficient (Wildman–Crippen LogP) is 5.74. The number of methoxy groups -OCH3 is 1. The van der Waals surface area contributed by atoms with Gasteiger partial charge in [0.15, 0.2) is 4.75 Å². The second-order valence-corrected chi connectivity index (χ2v) is 11.2. The summed E-state index contributed by atoms with van der Waals surface area (Å²) in [6, 6.07) is 10.6. The number of halogens is 1. The third-order valence-corrected chi connectivity index (χ3v) is 7.94. The van der Waals surface area contributed by atoms with E-state index in [1.807, 2.05) is 18.2 Å². The van der Waals surface area contributed by atoms with E-state index in [1.54, 1.807) is 19.2 Å². The highest BCUT2D eigenvalue weighted by molar-refractivity contribution is 7.92. The highest BCUT2D eigenvalue weighted by atomic mass is 32.2. The Hall–Kier alpha value is -1.56. The molecule has 158 valence electrons. The second kappa shape index (κ2) is 8.66. The Morgan fingerprint density at radius 3 is 2.38 bits per heavy atom. The average molecular weight is 420 g/mol. The largest absolute Gasteiger partial charge is 0.497 e. The summed E-state index contributed by atoms with van der Waals surface area (Å²) in [5, 5.41) is 11.4. The molecule has 0 saturated heterocycles. The Balaban J connectivity index is 2.01. The standard InChI is InChI=1S/C24H32FO3S/c1-23(2,3)29(5)28-16-17-8-10-19(20-15-18(27-4)9-11-22(20)25)21(14-17)24(26)12-6-7-13-24/h8-11,14-15,26H,6-7,12-13,16H2,1-5H3/q+1. The molecule has 0 heterocycles. The van der Waals surface area contributed by atoms with E-state index in [0.717, 1.165) is 29.5 Å². The lowest BCUT2D eigenvalue weighted by molar-refractivity contribution is 0.0449. The molecule has 1 saturated carbocycles. The van der Waals surface area contributed by atoms with Crippen LogP contribution in [0.3, 0.4) is 0 Å². The zero-order valence-electron chi connectivity index (χ0n) is 18.0. The number of hydrogen-bond acceptors (Lipinski definition) is 3. The molecule has 5 heteroatoms. The molecule has 29 heavy (non-hydrogen) atoms. The third kappa shape index (κ3) is 4.96. The number of rotatable bonds is 6. The molecule has 2 aromatic rings. The lowest BCUT2D eigenvalue weighted by Crippen LogP contribution is -2.29. The quantitative estimate of drug-likeness (QED) is 0.607. The number of ether oxygens (including phenoxy) is 1.